The average Bonchev–Trinajstić information content (AvgIpc) is 2.58. The minimum atomic E-state index is 0.453. The van der Waals surface area contributed by atoms with Gasteiger partial charge in [0, 0.05) is 5.92 Å². The highest BCUT2D eigenvalue weighted by Crippen LogP contribution is 2.35. The van der Waals surface area contributed by atoms with E-state index >= 15 is 0 Å². The fraction of sp³-hybridized carbons (Fsp3) is 0.0769. The Morgan fingerprint density at radius 3 is 2.92 bits per heavy atom. The Kier molecular flexibility index (Phi) is 1.90. The van der Waals surface area contributed by atoms with E-state index in [9.17, 15) is 0 Å². The smallest absolute Gasteiger partial charge is 0.0211 e. The molecule has 0 radical (unpaired) electrons. The van der Waals surface area contributed by atoms with Gasteiger partial charge in [-0.15, -0.1) is 0 Å². The van der Waals surface area contributed by atoms with E-state index in [-0.39, 0.29) is 0 Å². The van der Waals surface area contributed by atoms with Gasteiger partial charge in [0.2, 0.25) is 0 Å². The first-order valence-electron chi connectivity index (χ1n) is 4.42. The van der Waals surface area contributed by atoms with Crippen molar-refractivity contribution in [2.24, 2.45) is 5.92 Å². The van der Waals surface area contributed by atoms with Gasteiger partial charge in [-0.2, -0.15) is 0 Å². The zero-order valence-corrected chi connectivity index (χ0v) is 7.53. The van der Waals surface area contributed by atoms with Gasteiger partial charge in [0.1, 0.15) is 0 Å². The maximum atomic E-state index is 4.08. The quantitative estimate of drug-likeness (QED) is 0.563. The predicted octanol–water partition coefficient (Wildman–Crippen LogP) is 3.34. The maximum absolute atomic E-state index is 4.08. The largest absolute Gasteiger partial charge is 0.0990 e. The van der Waals surface area contributed by atoms with Crippen LogP contribution >= 0.6 is 0 Å². The molecule has 2 rings (SSSR count). The summed E-state index contributed by atoms with van der Waals surface area (Å²) in [5.74, 6) is 0.453. The van der Waals surface area contributed by atoms with Gasteiger partial charge in [-0.25, -0.2) is 0 Å². The number of rotatable bonds is 1. The lowest BCUT2D eigenvalue weighted by Crippen LogP contribution is -2.03. The monoisotopic (exact) mass is 168 g/mol. The Morgan fingerprint density at radius 1 is 1.31 bits per heavy atom. The summed E-state index contributed by atoms with van der Waals surface area (Å²) in [5.41, 5.74) is 3.61. The van der Waals surface area contributed by atoms with Crippen LogP contribution in [0, 0.1) is 5.92 Å². The maximum Gasteiger partial charge on any atom is 0.0211 e. The molecule has 0 heterocycles. The van der Waals surface area contributed by atoms with E-state index < -0.39 is 0 Å². The molecule has 0 N–H and O–H groups in total. The third-order valence-corrected chi connectivity index (χ3v) is 2.43. The Hall–Kier alpha value is -1.56. The van der Waals surface area contributed by atoms with Crippen LogP contribution in [0.1, 0.15) is 0 Å². The molecule has 0 saturated carbocycles. The van der Waals surface area contributed by atoms with Gasteiger partial charge >= 0.3 is 0 Å². The van der Waals surface area contributed by atoms with Gasteiger partial charge in [0.25, 0.3) is 0 Å². The van der Waals surface area contributed by atoms with Crippen molar-refractivity contribution in [3.05, 3.63) is 72.4 Å². The second-order valence-corrected chi connectivity index (χ2v) is 3.23. The van der Waals surface area contributed by atoms with Crippen LogP contribution in [0.5, 0.6) is 0 Å². The van der Waals surface area contributed by atoms with Crippen molar-refractivity contribution in [3.8, 4) is 0 Å². The first-order chi connectivity index (χ1) is 6.33. The van der Waals surface area contributed by atoms with Crippen LogP contribution in [0.4, 0.5) is 0 Å². The van der Waals surface area contributed by atoms with Gasteiger partial charge < -0.3 is 0 Å². The van der Waals surface area contributed by atoms with E-state index in [0.717, 1.165) is 5.57 Å². The van der Waals surface area contributed by atoms with Crippen molar-refractivity contribution in [3.63, 3.8) is 0 Å². The van der Waals surface area contributed by atoms with Crippen molar-refractivity contribution in [2.75, 3.05) is 0 Å². The van der Waals surface area contributed by atoms with Gasteiger partial charge in [-0.1, -0.05) is 55.7 Å². The van der Waals surface area contributed by atoms with E-state index in [2.05, 4.69) is 43.5 Å². The fourth-order valence-corrected chi connectivity index (χ4v) is 1.72. The number of allylic oxidation sites excluding steroid dienone is 10. The molecule has 0 nitrogen and oxygen atoms in total. The molecule has 64 valence electrons. The van der Waals surface area contributed by atoms with Crippen LogP contribution in [0.2, 0.25) is 0 Å². The summed E-state index contributed by atoms with van der Waals surface area (Å²) in [5, 5.41) is 0. The van der Waals surface area contributed by atoms with Crippen LogP contribution in [-0.2, 0) is 0 Å². The predicted molar refractivity (Wildman–Crippen MR) is 57.3 cm³/mol. The number of hydrogen-bond acceptors (Lipinski definition) is 0. The lowest BCUT2D eigenvalue weighted by Gasteiger charge is -2.18. The summed E-state index contributed by atoms with van der Waals surface area (Å²) < 4.78 is 0. The number of fused-ring (bicyclic) bond motifs is 1. The van der Waals surface area contributed by atoms with Crippen LogP contribution < -0.4 is 0 Å². The second kappa shape index (κ2) is 3.06. The third-order valence-electron chi connectivity index (χ3n) is 2.43. The van der Waals surface area contributed by atoms with Gasteiger partial charge in [0.15, 0.2) is 0 Å². The Bertz CT molecular complexity index is 373. The van der Waals surface area contributed by atoms with Crippen LogP contribution in [-0.4, -0.2) is 0 Å². The van der Waals surface area contributed by atoms with Crippen molar-refractivity contribution in [1.82, 2.24) is 0 Å². The molecule has 0 aliphatic heterocycles. The normalized spacial score (nSPS) is 27.7. The average molecular weight is 168 g/mol. The molecule has 2 aliphatic rings. The molecule has 0 aromatic rings. The standard InChI is InChI=1S/C13H12/c1-3-5-11-8-9-12-6-4-7-13(12)10(11)2/h3-9,12H,1-2H2/b11-5-. The molecular formula is C13H12. The first-order valence-corrected chi connectivity index (χ1v) is 4.42. The molecule has 0 aromatic carbocycles. The van der Waals surface area contributed by atoms with Crippen molar-refractivity contribution in [2.45, 2.75) is 0 Å². The molecule has 13 heavy (non-hydrogen) atoms. The highest BCUT2D eigenvalue weighted by atomic mass is 14.2. The van der Waals surface area contributed by atoms with E-state index in [1.807, 2.05) is 6.08 Å². The molecule has 1 unspecified atom stereocenters. The SMILES string of the molecule is C=C/C=C1/C=CC2C=CC=C2C1=C. The third kappa shape index (κ3) is 1.25. The highest BCUT2D eigenvalue weighted by molar-refractivity contribution is 5.60. The van der Waals surface area contributed by atoms with Crippen molar-refractivity contribution < 1.29 is 0 Å². The van der Waals surface area contributed by atoms with Crippen molar-refractivity contribution >= 4 is 0 Å². The number of hydrogen-bond donors (Lipinski definition) is 0. The Morgan fingerprint density at radius 2 is 2.15 bits per heavy atom. The summed E-state index contributed by atoms with van der Waals surface area (Å²) in [6.07, 6.45) is 14.5. The molecule has 0 amide bonds. The first kappa shape index (κ1) is 8.06. The van der Waals surface area contributed by atoms with Crippen LogP contribution in [0.3, 0.4) is 0 Å². The molecule has 0 aromatic heterocycles. The van der Waals surface area contributed by atoms with Crippen LogP contribution in [0.15, 0.2) is 72.4 Å². The van der Waals surface area contributed by atoms with Crippen LogP contribution in [0.25, 0.3) is 0 Å². The second-order valence-electron chi connectivity index (χ2n) is 3.23. The summed E-state index contributed by atoms with van der Waals surface area (Å²) in [6.45, 7) is 7.77. The lowest BCUT2D eigenvalue weighted by atomic mass is 9.85. The van der Waals surface area contributed by atoms with E-state index in [1.165, 1.54) is 11.1 Å². The molecule has 0 bridgehead atoms. The summed E-state index contributed by atoms with van der Waals surface area (Å²) >= 11 is 0. The fourth-order valence-electron chi connectivity index (χ4n) is 1.72. The zero-order valence-electron chi connectivity index (χ0n) is 7.53. The molecule has 2 aliphatic carbocycles. The van der Waals surface area contributed by atoms with E-state index in [0.29, 0.717) is 5.92 Å². The van der Waals surface area contributed by atoms with E-state index in [1.54, 1.807) is 6.08 Å². The van der Waals surface area contributed by atoms with Crippen molar-refractivity contribution in [1.29, 1.82) is 0 Å². The highest BCUT2D eigenvalue weighted by Gasteiger charge is 2.19. The minimum Gasteiger partial charge on any atom is -0.0990 e. The lowest BCUT2D eigenvalue weighted by molar-refractivity contribution is 0.986. The minimum absolute atomic E-state index is 0.453. The Labute approximate surface area is 79.0 Å². The van der Waals surface area contributed by atoms with Gasteiger partial charge in [0.05, 0.1) is 0 Å². The molecule has 0 fully saturated rings. The summed E-state index contributed by atoms with van der Waals surface area (Å²) in [6, 6.07) is 0. The molecule has 0 spiro atoms. The summed E-state index contributed by atoms with van der Waals surface area (Å²) in [7, 11) is 0. The molecule has 0 saturated heterocycles. The molecular weight excluding hydrogens is 156 g/mol. The van der Waals surface area contributed by atoms with Gasteiger partial charge in [-0.05, 0) is 16.7 Å². The zero-order chi connectivity index (χ0) is 9.26. The molecule has 1 atom stereocenters. The topological polar surface area (TPSA) is 0 Å². The van der Waals surface area contributed by atoms with E-state index in [4.69, 9.17) is 0 Å². The van der Waals surface area contributed by atoms with Gasteiger partial charge in [-0.3, -0.25) is 0 Å². The summed E-state index contributed by atoms with van der Waals surface area (Å²) in [4.78, 5) is 0. The molecule has 0 heteroatoms. The Balaban J connectivity index is 2.42.